The van der Waals surface area contributed by atoms with E-state index in [4.69, 9.17) is 21.7 Å². The van der Waals surface area contributed by atoms with Crippen molar-refractivity contribution in [2.75, 3.05) is 24.9 Å². The van der Waals surface area contributed by atoms with Gasteiger partial charge in [0, 0.05) is 32.8 Å². The average molecular weight is 464 g/mol. The molecule has 2 rings (SSSR count). The van der Waals surface area contributed by atoms with Crippen molar-refractivity contribution in [3.8, 4) is 11.5 Å². The molecule has 0 aromatic heterocycles. The van der Waals surface area contributed by atoms with Crippen LogP contribution in [0.4, 0.5) is 15.8 Å². The predicted octanol–water partition coefficient (Wildman–Crippen LogP) is 5.18. The number of benzene rings is 2. The monoisotopic (exact) mass is 462 g/mol. The number of anilines is 2. The molecule has 23 heavy (non-hydrogen) atoms. The van der Waals surface area contributed by atoms with Gasteiger partial charge in [0.05, 0.1) is 19.9 Å². The first kappa shape index (κ1) is 18.0. The van der Waals surface area contributed by atoms with E-state index in [-0.39, 0.29) is 10.8 Å². The summed E-state index contributed by atoms with van der Waals surface area (Å²) >= 11 is 11.7. The van der Waals surface area contributed by atoms with E-state index in [1.165, 1.54) is 6.07 Å². The highest BCUT2D eigenvalue weighted by molar-refractivity contribution is 9.11. The summed E-state index contributed by atoms with van der Waals surface area (Å²) in [4.78, 5) is 0. The minimum Gasteiger partial charge on any atom is -0.497 e. The third-order valence-corrected chi connectivity index (χ3v) is 4.14. The number of ether oxygens (including phenoxy) is 2. The molecule has 122 valence electrons. The number of halogens is 3. The summed E-state index contributed by atoms with van der Waals surface area (Å²) in [5.74, 6) is 0.801. The summed E-state index contributed by atoms with van der Waals surface area (Å²) < 4.78 is 25.6. The molecule has 2 aromatic carbocycles. The van der Waals surface area contributed by atoms with E-state index in [0.717, 1.165) is 0 Å². The van der Waals surface area contributed by atoms with E-state index >= 15 is 0 Å². The Bertz CT molecular complexity index is 698. The molecule has 8 heteroatoms. The van der Waals surface area contributed by atoms with E-state index < -0.39 is 5.82 Å². The Kier molecular flexibility index (Phi) is 6.20. The Balaban J connectivity index is 2.17. The lowest BCUT2D eigenvalue weighted by molar-refractivity contribution is 0.395. The molecule has 2 aromatic rings. The Morgan fingerprint density at radius 2 is 1.61 bits per heavy atom. The van der Waals surface area contributed by atoms with E-state index in [0.29, 0.717) is 26.1 Å². The lowest BCUT2D eigenvalue weighted by Crippen LogP contribution is -2.20. The number of hydrogen-bond donors (Lipinski definition) is 2. The van der Waals surface area contributed by atoms with Crippen LogP contribution in [0, 0.1) is 5.82 Å². The molecule has 0 fully saturated rings. The minimum atomic E-state index is -0.432. The fourth-order valence-corrected chi connectivity index (χ4v) is 3.31. The fraction of sp³-hybridized carbons (Fsp3) is 0.133. The third kappa shape index (κ3) is 4.79. The quantitative estimate of drug-likeness (QED) is 0.611. The second-order valence-corrected chi connectivity index (χ2v) is 6.60. The van der Waals surface area contributed by atoms with Crippen LogP contribution in [-0.4, -0.2) is 19.3 Å². The molecule has 0 radical (unpaired) electrons. The molecule has 0 unspecified atom stereocenters. The molecule has 0 aliphatic carbocycles. The molecule has 0 aliphatic rings. The van der Waals surface area contributed by atoms with Gasteiger partial charge in [-0.05, 0) is 40.3 Å². The highest BCUT2D eigenvalue weighted by Crippen LogP contribution is 2.30. The molecule has 0 amide bonds. The van der Waals surface area contributed by atoms with Gasteiger partial charge in [-0.1, -0.05) is 15.9 Å². The molecule has 0 aliphatic heterocycles. The summed E-state index contributed by atoms with van der Waals surface area (Å²) in [6, 6.07) is 8.33. The zero-order valence-electron chi connectivity index (χ0n) is 12.2. The topological polar surface area (TPSA) is 42.5 Å². The standard InChI is InChI=1S/C15H13Br2FN2O2S/c1-21-10-5-9(6-11(7-10)22-2)19-15(23)20-14-12(17)3-8(16)4-13(14)18/h3-7H,1-2H3,(H2,19,20,23). The van der Waals surface area contributed by atoms with Crippen molar-refractivity contribution in [2.45, 2.75) is 0 Å². The maximum absolute atomic E-state index is 14.0. The Labute approximate surface area is 155 Å². The first-order valence-corrected chi connectivity index (χ1v) is 8.38. The lowest BCUT2D eigenvalue weighted by Gasteiger charge is -2.14. The second kappa shape index (κ2) is 7.94. The van der Waals surface area contributed by atoms with Crippen molar-refractivity contribution >= 4 is 60.6 Å². The molecule has 4 nitrogen and oxygen atoms in total. The zero-order chi connectivity index (χ0) is 17.0. The summed E-state index contributed by atoms with van der Waals surface area (Å²) in [6.07, 6.45) is 0. The molecule has 0 saturated carbocycles. The fourth-order valence-electron chi connectivity index (χ4n) is 1.82. The van der Waals surface area contributed by atoms with Crippen LogP contribution in [-0.2, 0) is 0 Å². The van der Waals surface area contributed by atoms with Gasteiger partial charge in [0.1, 0.15) is 17.3 Å². The second-order valence-electron chi connectivity index (χ2n) is 4.42. The normalized spacial score (nSPS) is 10.1. The van der Waals surface area contributed by atoms with Crippen molar-refractivity contribution in [1.29, 1.82) is 0 Å². The summed E-state index contributed by atoms with van der Waals surface area (Å²) in [6.45, 7) is 0. The van der Waals surface area contributed by atoms with Gasteiger partial charge in [-0.3, -0.25) is 0 Å². The van der Waals surface area contributed by atoms with E-state index in [2.05, 4.69) is 42.5 Å². The Morgan fingerprint density at radius 3 is 2.13 bits per heavy atom. The third-order valence-electron chi connectivity index (χ3n) is 2.85. The molecule has 0 atom stereocenters. The van der Waals surface area contributed by atoms with Crippen LogP contribution in [0.25, 0.3) is 0 Å². The van der Waals surface area contributed by atoms with E-state index in [1.807, 2.05) is 0 Å². The van der Waals surface area contributed by atoms with Crippen LogP contribution in [0.3, 0.4) is 0 Å². The number of rotatable bonds is 4. The molecular weight excluding hydrogens is 451 g/mol. The Morgan fingerprint density at radius 1 is 1.00 bits per heavy atom. The van der Waals surface area contributed by atoms with Crippen LogP contribution in [0.15, 0.2) is 39.3 Å². The maximum Gasteiger partial charge on any atom is 0.175 e. The van der Waals surface area contributed by atoms with Crippen LogP contribution >= 0.6 is 44.1 Å². The van der Waals surface area contributed by atoms with Gasteiger partial charge in [0.25, 0.3) is 0 Å². The van der Waals surface area contributed by atoms with Gasteiger partial charge in [-0.2, -0.15) is 0 Å². The van der Waals surface area contributed by atoms with Crippen LogP contribution in [0.5, 0.6) is 11.5 Å². The van der Waals surface area contributed by atoms with Crippen molar-refractivity contribution in [2.24, 2.45) is 0 Å². The summed E-state index contributed by atoms with van der Waals surface area (Å²) in [5.41, 5.74) is 0.910. The number of thiocarbonyl (C=S) groups is 1. The molecule has 2 N–H and O–H groups in total. The van der Waals surface area contributed by atoms with Crippen molar-refractivity contribution in [3.63, 3.8) is 0 Å². The van der Waals surface area contributed by atoms with Crippen LogP contribution in [0.1, 0.15) is 0 Å². The predicted molar refractivity (Wildman–Crippen MR) is 101 cm³/mol. The molecule has 0 saturated heterocycles. The number of hydrogen-bond acceptors (Lipinski definition) is 3. The van der Waals surface area contributed by atoms with E-state index in [9.17, 15) is 4.39 Å². The van der Waals surface area contributed by atoms with Gasteiger partial charge in [0.15, 0.2) is 5.11 Å². The van der Waals surface area contributed by atoms with Crippen molar-refractivity contribution in [1.82, 2.24) is 0 Å². The van der Waals surface area contributed by atoms with Gasteiger partial charge in [-0.25, -0.2) is 4.39 Å². The minimum absolute atomic E-state index is 0.238. The van der Waals surface area contributed by atoms with Gasteiger partial charge in [-0.15, -0.1) is 0 Å². The maximum atomic E-state index is 14.0. The molecule has 0 bridgehead atoms. The first-order valence-electron chi connectivity index (χ1n) is 6.38. The van der Waals surface area contributed by atoms with Crippen LogP contribution in [0.2, 0.25) is 0 Å². The number of nitrogens with one attached hydrogen (secondary N) is 2. The number of methoxy groups -OCH3 is 2. The first-order chi connectivity index (χ1) is 10.9. The highest BCUT2D eigenvalue weighted by atomic mass is 79.9. The zero-order valence-corrected chi connectivity index (χ0v) is 16.2. The molecule has 0 spiro atoms. The molecular formula is C15H13Br2FN2O2S. The SMILES string of the molecule is COc1cc(NC(=S)Nc2c(F)cc(Br)cc2Br)cc(OC)c1. The summed E-state index contributed by atoms with van der Waals surface area (Å²) in [5, 5.41) is 6.03. The highest BCUT2D eigenvalue weighted by Gasteiger charge is 2.11. The van der Waals surface area contributed by atoms with Crippen molar-refractivity contribution < 1.29 is 13.9 Å². The van der Waals surface area contributed by atoms with E-state index in [1.54, 1.807) is 38.5 Å². The Hall–Kier alpha value is -1.38. The smallest absolute Gasteiger partial charge is 0.175 e. The van der Waals surface area contributed by atoms with Crippen molar-refractivity contribution in [3.05, 3.63) is 45.1 Å². The summed E-state index contributed by atoms with van der Waals surface area (Å²) in [7, 11) is 3.12. The van der Waals surface area contributed by atoms with Gasteiger partial charge >= 0.3 is 0 Å². The molecule has 0 heterocycles. The van der Waals surface area contributed by atoms with Gasteiger partial charge in [0.2, 0.25) is 0 Å². The van der Waals surface area contributed by atoms with Crippen LogP contribution < -0.4 is 20.1 Å². The average Bonchev–Trinajstić information content (AvgIpc) is 2.50. The largest absolute Gasteiger partial charge is 0.497 e. The van der Waals surface area contributed by atoms with Gasteiger partial charge < -0.3 is 20.1 Å². The lowest BCUT2D eigenvalue weighted by atomic mass is 10.2.